The van der Waals surface area contributed by atoms with Crippen molar-refractivity contribution >= 4 is 0 Å². The second-order valence-corrected chi connectivity index (χ2v) is 6.40. The molecule has 0 aliphatic carbocycles. The Kier molecular flexibility index (Phi) is 5.44. The van der Waals surface area contributed by atoms with Gasteiger partial charge in [-0.25, -0.2) is 0 Å². The van der Waals surface area contributed by atoms with E-state index < -0.39 is 0 Å². The van der Waals surface area contributed by atoms with Gasteiger partial charge in [0.2, 0.25) is 0 Å². The molecule has 1 aliphatic heterocycles. The first-order valence-electron chi connectivity index (χ1n) is 7.83. The fourth-order valence-electron chi connectivity index (χ4n) is 3.14. The molecule has 112 valence electrons. The summed E-state index contributed by atoms with van der Waals surface area (Å²) in [6.45, 7) is 9.94. The van der Waals surface area contributed by atoms with E-state index in [1.807, 2.05) is 12.1 Å². The van der Waals surface area contributed by atoms with E-state index in [0.29, 0.717) is 17.8 Å². The minimum absolute atomic E-state index is 0.365. The fraction of sp³-hybridized carbons (Fsp3) is 0.647. The maximum absolute atomic E-state index is 9.61. The molecule has 1 aromatic carbocycles. The van der Waals surface area contributed by atoms with Gasteiger partial charge in [0.1, 0.15) is 5.75 Å². The van der Waals surface area contributed by atoms with Crippen LogP contribution in [0.2, 0.25) is 0 Å². The molecule has 2 unspecified atom stereocenters. The van der Waals surface area contributed by atoms with Crippen LogP contribution >= 0.6 is 0 Å². The molecule has 0 bridgehead atoms. The molecule has 2 N–H and O–H groups in total. The number of aromatic hydroxyl groups is 1. The molecule has 20 heavy (non-hydrogen) atoms. The predicted molar refractivity (Wildman–Crippen MR) is 83.8 cm³/mol. The van der Waals surface area contributed by atoms with Crippen LogP contribution in [0, 0.1) is 5.92 Å². The monoisotopic (exact) mass is 276 g/mol. The van der Waals surface area contributed by atoms with Crippen molar-refractivity contribution in [1.82, 2.24) is 10.2 Å². The fourth-order valence-corrected chi connectivity index (χ4v) is 3.14. The van der Waals surface area contributed by atoms with Gasteiger partial charge < -0.3 is 10.4 Å². The highest BCUT2D eigenvalue weighted by molar-refractivity contribution is 5.27. The van der Waals surface area contributed by atoms with Crippen LogP contribution in [0.25, 0.3) is 0 Å². The predicted octanol–water partition coefficient (Wildman–Crippen LogP) is 2.99. The zero-order valence-electron chi connectivity index (χ0n) is 13.0. The van der Waals surface area contributed by atoms with E-state index in [1.54, 1.807) is 6.07 Å². The first-order valence-corrected chi connectivity index (χ1v) is 7.83. The van der Waals surface area contributed by atoms with Gasteiger partial charge in [0.25, 0.3) is 0 Å². The van der Waals surface area contributed by atoms with E-state index >= 15 is 0 Å². The second-order valence-electron chi connectivity index (χ2n) is 6.40. The Bertz CT molecular complexity index is 419. The van der Waals surface area contributed by atoms with Crippen molar-refractivity contribution in [3.05, 3.63) is 29.8 Å². The van der Waals surface area contributed by atoms with Gasteiger partial charge in [-0.15, -0.1) is 0 Å². The Morgan fingerprint density at radius 1 is 1.40 bits per heavy atom. The molecular weight excluding hydrogens is 248 g/mol. The zero-order valence-corrected chi connectivity index (χ0v) is 13.0. The number of hydrogen-bond donors (Lipinski definition) is 2. The highest BCUT2D eigenvalue weighted by Crippen LogP contribution is 2.19. The van der Waals surface area contributed by atoms with Gasteiger partial charge in [0.15, 0.2) is 0 Å². The third-order valence-corrected chi connectivity index (χ3v) is 4.14. The summed E-state index contributed by atoms with van der Waals surface area (Å²) in [5.74, 6) is 1.10. The van der Waals surface area contributed by atoms with Crippen LogP contribution in [0.1, 0.15) is 39.2 Å². The maximum atomic E-state index is 9.61. The summed E-state index contributed by atoms with van der Waals surface area (Å²) >= 11 is 0. The summed E-state index contributed by atoms with van der Waals surface area (Å²) in [5, 5.41) is 13.3. The van der Waals surface area contributed by atoms with Crippen molar-refractivity contribution < 1.29 is 5.11 Å². The molecule has 0 spiro atoms. The van der Waals surface area contributed by atoms with E-state index in [-0.39, 0.29) is 0 Å². The lowest BCUT2D eigenvalue weighted by Crippen LogP contribution is -2.56. The minimum Gasteiger partial charge on any atom is -0.508 e. The van der Waals surface area contributed by atoms with Crippen LogP contribution in [0.4, 0.5) is 0 Å². The summed E-state index contributed by atoms with van der Waals surface area (Å²) < 4.78 is 0. The van der Waals surface area contributed by atoms with E-state index in [0.717, 1.165) is 25.6 Å². The molecule has 1 fully saturated rings. The van der Waals surface area contributed by atoms with E-state index in [1.165, 1.54) is 18.4 Å². The Morgan fingerprint density at radius 3 is 2.85 bits per heavy atom. The maximum Gasteiger partial charge on any atom is 0.115 e. The lowest BCUT2D eigenvalue weighted by molar-refractivity contribution is 0.111. The third-order valence-electron chi connectivity index (χ3n) is 4.14. The number of rotatable bonds is 5. The Balaban J connectivity index is 2.01. The Hall–Kier alpha value is -1.06. The molecule has 1 heterocycles. The highest BCUT2D eigenvalue weighted by atomic mass is 16.3. The quantitative estimate of drug-likeness (QED) is 0.868. The first-order chi connectivity index (χ1) is 9.58. The van der Waals surface area contributed by atoms with Crippen LogP contribution < -0.4 is 5.32 Å². The van der Waals surface area contributed by atoms with Crippen LogP contribution in [0.5, 0.6) is 5.75 Å². The van der Waals surface area contributed by atoms with Crippen LogP contribution in [0.3, 0.4) is 0 Å². The SMILES string of the molecule is CCC1CNC(CC(C)C)CN1Cc1cccc(O)c1. The summed E-state index contributed by atoms with van der Waals surface area (Å²) in [7, 11) is 0. The average molecular weight is 276 g/mol. The van der Waals surface area contributed by atoms with Crippen molar-refractivity contribution in [3.63, 3.8) is 0 Å². The lowest BCUT2D eigenvalue weighted by atomic mass is 9.98. The summed E-state index contributed by atoms with van der Waals surface area (Å²) in [6, 6.07) is 8.84. The standard InChI is InChI=1S/C17H28N2O/c1-4-16-10-18-15(8-13(2)3)12-19(16)11-14-6-5-7-17(20)9-14/h5-7,9,13,15-16,18,20H,4,8,10-12H2,1-3H3. The zero-order chi connectivity index (χ0) is 14.5. The van der Waals surface area contributed by atoms with Gasteiger partial charge in [-0.3, -0.25) is 4.90 Å². The molecule has 0 aromatic heterocycles. The Labute approximate surface area is 123 Å². The number of hydrogen-bond acceptors (Lipinski definition) is 3. The average Bonchev–Trinajstić information content (AvgIpc) is 2.38. The molecule has 1 aliphatic rings. The van der Waals surface area contributed by atoms with E-state index in [2.05, 4.69) is 37.1 Å². The molecule has 0 amide bonds. The summed E-state index contributed by atoms with van der Waals surface area (Å²) in [5.41, 5.74) is 1.20. The number of nitrogens with one attached hydrogen (secondary N) is 1. The van der Waals surface area contributed by atoms with Gasteiger partial charge in [-0.2, -0.15) is 0 Å². The van der Waals surface area contributed by atoms with Crippen LogP contribution in [0.15, 0.2) is 24.3 Å². The Morgan fingerprint density at radius 2 is 2.20 bits per heavy atom. The van der Waals surface area contributed by atoms with Gasteiger partial charge in [-0.05, 0) is 36.5 Å². The van der Waals surface area contributed by atoms with Crippen molar-refractivity contribution in [2.24, 2.45) is 5.92 Å². The smallest absolute Gasteiger partial charge is 0.115 e. The van der Waals surface area contributed by atoms with Crippen molar-refractivity contribution in [3.8, 4) is 5.75 Å². The van der Waals surface area contributed by atoms with Gasteiger partial charge in [0.05, 0.1) is 0 Å². The van der Waals surface area contributed by atoms with Gasteiger partial charge >= 0.3 is 0 Å². The number of piperazine rings is 1. The second kappa shape index (κ2) is 7.09. The number of nitrogens with zero attached hydrogens (tertiary/aromatic N) is 1. The topological polar surface area (TPSA) is 35.5 Å². The minimum atomic E-state index is 0.365. The van der Waals surface area contributed by atoms with Gasteiger partial charge in [0, 0.05) is 31.7 Å². The molecule has 1 aromatic rings. The largest absolute Gasteiger partial charge is 0.508 e. The molecule has 0 radical (unpaired) electrons. The van der Waals surface area contributed by atoms with Crippen molar-refractivity contribution in [2.45, 2.75) is 52.2 Å². The third kappa shape index (κ3) is 4.22. The van der Waals surface area contributed by atoms with Crippen molar-refractivity contribution in [1.29, 1.82) is 0 Å². The molecule has 3 heteroatoms. The van der Waals surface area contributed by atoms with Crippen LogP contribution in [-0.4, -0.2) is 35.2 Å². The number of phenols is 1. The first kappa shape index (κ1) is 15.3. The number of phenolic OH excluding ortho intramolecular Hbond substituents is 1. The summed E-state index contributed by atoms with van der Waals surface area (Å²) in [6.07, 6.45) is 2.40. The highest BCUT2D eigenvalue weighted by Gasteiger charge is 2.26. The molecule has 2 atom stereocenters. The molecule has 3 nitrogen and oxygen atoms in total. The summed E-state index contributed by atoms with van der Waals surface area (Å²) in [4.78, 5) is 2.57. The lowest BCUT2D eigenvalue weighted by Gasteiger charge is -2.40. The number of benzene rings is 1. The molecule has 1 saturated heterocycles. The molecule has 0 saturated carbocycles. The van der Waals surface area contributed by atoms with Crippen molar-refractivity contribution in [2.75, 3.05) is 13.1 Å². The van der Waals surface area contributed by atoms with E-state index in [4.69, 9.17) is 0 Å². The normalized spacial score (nSPS) is 24.2. The van der Waals surface area contributed by atoms with E-state index in [9.17, 15) is 5.11 Å². The molecule has 2 rings (SSSR count). The molecular formula is C17H28N2O. The van der Waals surface area contributed by atoms with Gasteiger partial charge in [-0.1, -0.05) is 32.9 Å². The van der Waals surface area contributed by atoms with Crippen LogP contribution in [-0.2, 0) is 6.54 Å².